The fourth-order valence-electron chi connectivity index (χ4n) is 3.62. The molecule has 236 valence electrons. The van der Waals surface area contributed by atoms with E-state index in [4.69, 9.17) is 44.7 Å². The third kappa shape index (κ3) is 11.5. The molecule has 2 aromatic rings. The molecule has 43 heavy (non-hydrogen) atoms. The van der Waals surface area contributed by atoms with E-state index in [9.17, 15) is 9.13 Å². The fraction of sp³-hybridized carbons (Fsp3) is 0.480. The summed E-state index contributed by atoms with van der Waals surface area (Å²) < 4.78 is 59.3. The van der Waals surface area contributed by atoms with E-state index in [2.05, 4.69) is 15.1 Å². The van der Waals surface area contributed by atoms with Gasteiger partial charge in [-0.25, -0.2) is 0 Å². The average Bonchev–Trinajstić information content (AvgIpc) is 3.00. The van der Waals surface area contributed by atoms with Crippen LogP contribution in [-0.2, 0) is 39.0 Å². The average molecular weight is 676 g/mol. The summed E-state index contributed by atoms with van der Waals surface area (Å²) in [6.07, 6.45) is 2.64. The number of rotatable bonds is 19. The monoisotopic (exact) mass is 675 g/mol. The summed E-state index contributed by atoms with van der Waals surface area (Å²) in [6.45, 7) is 3.74. The van der Waals surface area contributed by atoms with E-state index < -0.39 is 28.0 Å². The lowest BCUT2D eigenvalue weighted by molar-refractivity contribution is 0.0857. The molecule has 0 aromatic heterocycles. The van der Waals surface area contributed by atoms with E-state index in [1.165, 1.54) is 38.1 Å². The lowest BCUT2D eigenvalue weighted by atomic mass is 10.1. The largest absolute Gasteiger partial charge is 0.540 e. The van der Waals surface area contributed by atoms with Crippen molar-refractivity contribution < 1.29 is 36.5 Å². The molecule has 0 amide bonds. The second-order valence-electron chi connectivity index (χ2n) is 9.12. The number of hydrogen-bond donors (Lipinski definition) is 0. The molecular weight excluding hydrogens is 637 g/mol. The summed E-state index contributed by atoms with van der Waals surface area (Å²) >= 11 is 5.52. The van der Waals surface area contributed by atoms with E-state index in [-0.39, 0.29) is 12.6 Å². The van der Waals surface area contributed by atoms with Crippen LogP contribution in [0.5, 0.6) is 11.5 Å². The Bertz CT molecular complexity index is 1330. The van der Waals surface area contributed by atoms with Gasteiger partial charge in [-0.2, -0.15) is 0 Å². The van der Waals surface area contributed by atoms with Crippen LogP contribution in [0.15, 0.2) is 58.7 Å². The zero-order chi connectivity index (χ0) is 32.1. The molecule has 0 radical (unpaired) electrons. The lowest BCUT2D eigenvalue weighted by Gasteiger charge is -2.29. The predicted octanol–water partition coefficient (Wildman–Crippen LogP) is 7.70. The predicted molar refractivity (Wildman–Crippen MR) is 172 cm³/mol. The van der Waals surface area contributed by atoms with Crippen molar-refractivity contribution >= 4 is 46.0 Å². The quantitative estimate of drug-likeness (QED) is 0.0359. The highest BCUT2D eigenvalue weighted by molar-refractivity contribution is 8.02. The molecule has 0 aliphatic rings. The number of benzene rings is 2. The molecule has 0 spiro atoms. The second-order valence-corrected chi connectivity index (χ2v) is 15.8. The van der Waals surface area contributed by atoms with Crippen LogP contribution in [0.1, 0.15) is 32.3 Å². The minimum atomic E-state index is -3.51. The molecule has 2 aromatic carbocycles. The van der Waals surface area contributed by atoms with Gasteiger partial charge in [0.15, 0.2) is 11.5 Å². The van der Waals surface area contributed by atoms with Gasteiger partial charge in [-0.3, -0.25) is 13.7 Å². The van der Waals surface area contributed by atoms with Gasteiger partial charge in [0.05, 0.1) is 13.3 Å². The zero-order valence-electron chi connectivity index (χ0n) is 25.2. The summed E-state index contributed by atoms with van der Waals surface area (Å²) in [7, 11) is -1.77. The van der Waals surface area contributed by atoms with E-state index >= 15 is 0 Å². The molecule has 0 saturated carbocycles. The molecule has 0 bridgehead atoms. The van der Waals surface area contributed by atoms with Crippen molar-refractivity contribution in [3.8, 4) is 11.5 Å². The van der Waals surface area contributed by atoms with Crippen molar-refractivity contribution in [3.05, 3.63) is 64.5 Å². The highest BCUT2D eigenvalue weighted by Gasteiger charge is 2.32. The lowest BCUT2D eigenvalue weighted by Crippen LogP contribution is -2.28. The summed E-state index contributed by atoms with van der Waals surface area (Å²) in [5.41, 5.74) is 9.25. The van der Waals surface area contributed by atoms with Gasteiger partial charge in [0.1, 0.15) is 18.3 Å². The topological polar surface area (TPSA) is 157 Å². The Morgan fingerprint density at radius 2 is 1.47 bits per heavy atom. The van der Waals surface area contributed by atoms with Crippen LogP contribution in [-0.4, -0.2) is 64.8 Å². The summed E-state index contributed by atoms with van der Waals surface area (Å²) in [5.74, 6) is 1.05. The minimum absolute atomic E-state index is 0.193. The van der Waals surface area contributed by atoms with Crippen LogP contribution in [0.3, 0.4) is 0 Å². The summed E-state index contributed by atoms with van der Waals surface area (Å²) in [4.78, 5) is 4.44. The van der Waals surface area contributed by atoms with Gasteiger partial charge in [-0.15, -0.1) is 5.10 Å². The Labute approximate surface area is 258 Å². The first-order chi connectivity index (χ1) is 20.4. The molecule has 2 atom stereocenters. The maximum Gasteiger partial charge on any atom is 0.540 e. The summed E-state index contributed by atoms with van der Waals surface area (Å²) in [5, 5.41) is 8.18. The van der Waals surface area contributed by atoms with Crippen molar-refractivity contribution in [1.82, 2.24) is 4.78 Å². The molecular formula is C25H38N6O8P3S+. The van der Waals surface area contributed by atoms with Gasteiger partial charge >= 0.3 is 22.3 Å². The fourth-order valence-corrected chi connectivity index (χ4v) is 6.84. The van der Waals surface area contributed by atoms with Crippen LogP contribution in [0.2, 0.25) is 0 Å². The molecule has 0 aliphatic carbocycles. The molecule has 2 unspecified atom stereocenters. The Morgan fingerprint density at radius 1 is 0.953 bits per heavy atom. The van der Waals surface area contributed by atoms with Gasteiger partial charge in [-0.05, 0) is 78.1 Å². The Morgan fingerprint density at radius 3 is 1.93 bits per heavy atom. The first-order valence-electron chi connectivity index (χ1n) is 12.9. The van der Waals surface area contributed by atoms with Gasteiger partial charge in [0.2, 0.25) is 11.8 Å². The van der Waals surface area contributed by atoms with Crippen molar-refractivity contribution in [3.63, 3.8) is 0 Å². The van der Waals surface area contributed by atoms with Gasteiger partial charge in [0, 0.05) is 39.0 Å². The normalized spacial score (nSPS) is 13.6. The smallest absolute Gasteiger partial charge is 0.481 e. The van der Waals surface area contributed by atoms with Crippen molar-refractivity contribution in [2.24, 2.45) is 10.2 Å². The minimum Gasteiger partial charge on any atom is -0.481 e. The third-order valence-corrected chi connectivity index (χ3v) is 11.5. The molecule has 0 heterocycles. The van der Waals surface area contributed by atoms with E-state index in [0.717, 1.165) is 12.0 Å². The van der Waals surface area contributed by atoms with E-state index in [1.54, 1.807) is 56.6 Å². The molecule has 14 nitrogen and oxygen atoms in total. The number of azide groups is 1. The maximum absolute atomic E-state index is 12.8. The number of hydrazone groups is 1. The van der Waals surface area contributed by atoms with E-state index in [1.807, 2.05) is 19.1 Å². The number of ether oxygens (including phenoxy) is 1. The molecule has 2 rings (SSSR count). The van der Waals surface area contributed by atoms with E-state index in [0.29, 0.717) is 23.6 Å². The van der Waals surface area contributed by atoms with Crippen LogP contribution in [0.4, 0.5) is 5.69 Å². The SMILES string of the molecule is CCCC(C)(N=[N+]=[N-])Oc1ccc(/C=N/N(C)[P+](=S)Oc2ccc(N(CP(=O)(OC)OC)CP(=O)(OC)OC)cc2)cc1. The number of nitrogens with zero attached hydrogens (tertiary/aromatic N) is 6. The maximum atomic E-state index is 12.8. The van der Waals surface area contributed by atoms with Crippen molar-refractivity contribution in [2.75, 3.05) is 53.0 Å². The molecule has 18 heteroatoms. The van der Waals surface area contributed by atoms with Gasteiger partial charge in [0.25, 0.3) is 0 Å². The third-order valence-electron chi connectivity index (χ3n) is 5.98. The standard InChI is InChI=1S/C25H38N6O8P3S/c1-8-17-25(2,28-29-26)38-23-13-9-21(10-14-23)18-27-30(3)40(43)39-24-15-11-22(12-16-24)31(19-41(32,34-4)35-5)20-42(33,36-6)37-7/h9-16,18H,8,17,19-20H2,1-7H3/q+1/b27-18+. The summed E-state index contributed by atoms with van der Waals surface area (Å²) in [6, 6.07) is 13.9. The Kier molecular flexibility index (Phi) is 14.5. The highest BCUT2D eigenvalue weighted by Crippen LogP contribution is 2.52. The molecule has 0 saturated heterocycles. The van der Waals surface area contributed by atoms with Crippen LogP contribution < -0.4 is 14.2 Å². The molecule has 0 fully saturated rings. The first kappa shape index (κ1) is 36.6. The Hall–Kier alpha value is -2.56. The highest BCUT2D eigenvalue weighted by atomic mass is 32.4. The second kappa shape index (κ2) is 17.1. The Balaban J connectivity index is 2.09. The van der Waals surface area contributed by atoms with Gasteiger partial charge in [-0.1, -0.05) is 18.1 Å². The van der Waals surface area contributed by atoms with Crippen LogP contribution >= 0.6 is 22.3 Å². The van der Waals surface area contributed by atoms with Crippen LogP contribution in [0, 0.1) is 0 Å². The van der Waals surface area contributed by atoms with Crippen molar-refractivity contribution in [2.45, 2.75) is 32.4 Å². The number of anilines is 1. The van der Waals surface area contributed by atoms with Crippen molar-refractivity contribution in [1.29, 1.82) is 0 Å². The van der Waals surface area contributed by atoms with Gasteiger partial charge < -0.3 is 27.7 Å². The number of hydrogen-bond acceptors (Lipinski definition) is 12. The zero-order valence-corrected chi connectivity index (χ0v) is 28.7. The molecule has 0 N–H and O–H groups in total. The molecule has 0 aliphatic heterocycles. The first-order valence-corrected chi connectivity index (χ1v) is 18.6. The van der Waals surface area contributed by atoms with Crippen LogP contribution in [0.25, 0.3) is 10.4 Å².